The molecule has 0 atom stereocenters. The summed E-state index contributed by atoms with van der Waals surface area (Å²) in [5, 5.41) is 0. The summed E-state index contributed by atoms with van der Waals surface area (Å²) in [6.07, 6.45) is 10.1. The molecule has 1 aromatic carbocycles. The van der Waals surface area contributed by atoms with Crippen molar-refractivity contribution in [2.24, 2.45) is 0 Å². The van der Waals surface area contributed by atoms with Crippen LogP contribution in [-0.2, 0) is 6.42 Å². The number of rotatable bonds is 4. The van der Waals surface area contributed by atoms with Gasteiger partial charge in [-0.1, -0.05) is 48.6 Å². The second-order valence-electron chi connectivity index (χ2n) is 3.71. The van der Waals surface area contributed by atoms with E-state index < -0.39 is 0 Å². The van der Waals surface area contributed by atoms with Crippen molar-refractivity contribution < 1.29 is 0 Å². The molecule has 1 heterocycles. The number of nitrogens with zero attached hydrogens (tertiary/aromatic N) is 1. The summed E-state index contributed by atoms with van der Waals surface area (Å²) in [6.45, 7) is 0. The van der Waals surface area contributed by atoms with Gasteiger partial charge in [0.1, 0.15) is 0 Å². The van der Waals surface area contributed by atoms with E-state index in [0.29, 0.717) is 0 Å². The van der Waals surface area contributed by atoms with Gasteiger partial charge in [-0.2, -0.15) is 0 Å². The molecule has 0 N–H and O–H groups in total. The van der Waals surface area contributed by atoms with Crippen molar-refractivity contribution in [1.29, 1.82) is 0 Å². The van der Waals surface area contributed by atoms with Crippen molar-refractivity contribution in [3.05, 3.63) is 72.1 Å². The summed E-state index contributed by atoms with van der Waals surface area (Å²) >= 11 is 0. The van der Waals surface area contributed by atoms with Gasteiger partial charge < -0.3 is 0 Å². The van der Waals surface area contributed by atoms with E-state index >= 15 is 0 Å². The topological polar surface area (TPSA) is 12.9 Å². The van der Waals surface area contributed by atoms with Gasteiger partial charge >= 0.3 is 0 Å². The van der Waals surface area contributed by atoms with Gasteiger partial charge in [0.15, 0.2) is 0 Å². The maximum Gasteiger partial charge on any atom is 0.0340 e. The zero-order valence-corrected chi connectivity index (χ0v) is 9.21. The van der Waals surface area contributed by atoms with Crippen LogP contribution in [0.4, 0.5) is 0 Å². The standard InChI is InChI=1S/C15H15N/c1-2-7-14(8-3-1)9-4-5-10-15-11-6-12-16-13-15/h1-3,5-8,10-13H,4,9H2/b10-5+. The lowest BCUT2D eigenvalue weighted by atomic mass is 10.1. The first kappa shape index (κ1) is 10.6. The van der Waals surface area contributed by atoms with Gasteiger partial charge in [0.05, 0.1) is 0 Å². The maximum absolute atomic E-state index is 4.07. The van der Waals surface area contributed by atoms with Gasteiger partial charge in [0.2, 0.25) is 0 Å². The number of benzene rings is 1. The van der Waals surface area contributed by atoms with Crippen LogP contribution in [0, 0.1) is 0 Å². The van der Waals surface area contributed by atoms with Crippen LogP contribution >= 0.6 is 0 Å². The Morgan fingerprint density at radius 1 is 1.00 bits per heavy atom. The number of aromatic nitrogens is 1. The van der Waals surface area contributed by atoms with Crippen LogP contribution < -0.4 is 0 Å². The average Bonchev–Trinajstić information content (AvgIpc) is 2.37. The second-order valence-corrected chi connectivity index (χ2v) is 3.71. The highest BCUT2D eigenvalue weighted by Crippen LogP contribution is 2.05. The largest absolute Gasteiger partial charge is 0.264 e. The minimum absolute atomic E-state index is 1.07. The minimum atomic E-state index is 1.07. The summed E-state index contributed by atoms with van der Waals surface area (Å²) in [5.74, 6) is 0. The van der Waals surface area contributed by atoms with Gasteiger partial charge in [-0.3, -0.25) is 4.98 Å². The molecule has 0 radical (unpaired) electrons. The van der Waals surface area contributed by atoms with Gasteiger partial charge in [-0.25, -0.2) is 0 Å². The lowest BCUT2D eigenvalue weighted by molar-refractivity contribution is 1.01. The van der Waals surface area contributed by atoms with E-state index in [4.69, 9.17) is 0 Å². The van der Waals surface area contributed by atoms with Gasteiger partial charge in [0.25, 0.3) is 0 Å². The van der Waals surface area contributed by atoms with Crippen molar-refractivity contribution >= 4 is 6.08 Å². The molecule has 0 saturated heterocycles. The van der Waals surface area contributed by atoms with Crippen LogP contribution in [-0.4, -0.2) is 4.98 Å². The molecule has 16 heavy (non-hydrogen) atoms. The van der Waals surface area contributed by atoms with Gasteiger partial charge in [-0.05, 0) is 30.0 Å². The van der Waals surface area contributed by atoms with Crippen LogP contribution in [0.15, 0.2) is 60.9 Å². The Kier molecular flexibility index (Phi) is 3.89. The SMILES string of the molecule is C(=C\c1cccnc1)/CCc1ccccc1. The first-order valence-corrected chi connectivity index (χ1v) is 5.55. The van der Waals surface area contributed by atoms with Crippen LogP contribution in [0.2, 0.25) is 0 Å². The molecule has 1 nitrogen and oxygen atoms in total. The zero-order chi connectivity index (χ0) is 11.1. The fraction of sp³-hybridized carbons (Fsp3) is 0.133. The number of hydrogen-bond donors (Lipinski definition) is 0. The molecule has 0 spiro atoms. The highest BCUT2D eigenvalue weighted by Gasteiger charge is 1.88. The number of allylic oxidation sites excluding steroid dienone is 1. The zero-order valence-electron chi connectivity index (χ0n) is 9.21. The maximum atomic E-state index is 4.07. The van der Waals surface area contributed by atoms with Crippen LogP contribution in [0.25, 0.3) is 6.08 Å². The van der Waals surface area contributed by atoms with Crippen molar-refractivity contribution in [3.8, 4) is 0 Å². The Labute approximate surface area is 96.5 Å². The normalized spacial score (nSPS) is 10.8. The van der Waals surface area contributed by atoms with E-state index in [1.807, 2.05) is 12.3 Å². The molecule has 80 valence electrons. The fourth-order valence-electron chi connectivity index (χ4n) is 1.59. The molecule has 0 fully saturated rings. The highest BCUT2D eigenvalue weighted by molar-refractivity contribution is 5.47. The van der Waals surface area contributed by atoms with Crippen LogP contribution in [0.1, 0.15) is 17.5 Å². The van der Waals surface area contributed by atoms with E-state index in [9.17, 15) is 0 Å². The Hall–Kier alpha value is -1.89. The summed E-state index contributed by atoms with van der Waals surface area (Å²) in [5.41, 5.74) is 2.55. The highest BCUT2D eigenvalue weighted by atomic mass is 14.6. The number of hydrogen-bond acceptors (Lipinski definition) is 1. The van der Waals surface area contributed by atoms with Gasteiger partial charge in [0, 0.05) is 12.4 Å². The van der Waals surface area contributed by atoms with E-state index in [2.05, 4.69) is 53.5 Å². The predicted octanol–water partition coefficient (Wildman–Crippen LogP) is 3.73. The molecule has 1 aromatic heterocycles. The minimum Gasteiger partial charge on any atom is -0.264 e. The van der Waals surface area contributed by atoms with Crippen LogP contribution in [0.3, 0.4) is 0 Å². The van der Waals surface area contributed by atoms with E-state index in [1.165, 1.54) is 5.56 Å². The molecule has 1 heteroatoms. The molecule has 2 rings (SSSR count). The first-order chi connectivity index (χ1) is 7.95. The summed E-state index contributed by atoms with van der Waals surface area (Å²) < 4.78 is 0. The molecule has 0 unspecified atom stereocenters. The average molecular weight is 209 g/mol. The molecule has 0 saturated carbocycles. The monoisotopic (exact) mass is 209 g/mol. The molecule has 0 aliphatic rings. The first-order valence-electron chi connectivity index (χ1n) is 5.55. The van der Waals surface area contributed by atoms with Crippen molar-refractivity contribution in [3.63, 3.8) is 0 Å². The van der Waals surface area contributed by atoms with E-state index in [0.717, 1.165) is 18.4 Å². The molecule has 0 amide bonds. The lowest BCUT2D eigenvalue weighted by Crippen LogP contribution is -1.81. The lowest BCUT2D eigenvalue weighted by Gasteiger charge is -1.96. The van der Waals surface area contributed by atoms with Gasteiger partial charge in [-0.15, -0.1) is 0 Å². The van der Waals surface area contributed by atoms with Crippen molar-refractivity contribution in [1.82, 2.24) is 4.98 Å². The molecule has 2 aromatic rings. The Morgan fingerprint density at radius 2 is 1.88 bits per heavy atom. The quantitative estimate of drug-likeness (QED) is 0.747. The third-order valence-corrected chi connectivity index (χ3v) is 2.44. The fourth-order valence-corrected chi connectivity index (χ4v) is 1.59. The number of pyridine rings is 1. The van der Waals surface area contributed by atoms with Crippen molar-refractivity contribution in [2.45, 2.75) is 12.8 Å². The molecule has 0 aliphatic heterocycles. The summed E-state index contributed by atoms with van der Waals surface area (Å²) in [6, 6.07) is 14.6. The third-order valence-electron chi connectivity index (χ3n) is 2.44. The molecular weight excluding hydrogens is 194 g/mol. The molecule has 0 bridgehead atoms. The third kappa shape index (κ3) is 3.35. The smallest absolute Gasteiger partial charge is 0.0340 e. The Bertz CT molecular complexity index is 432. The summed E-state index contributed by atoms with van der Waals surface area (Å²) in [7, 11) is 0. The van der Waals surface area contributed by atoms with E-state index in [-0.39, 0.29) is 0 Å². The number of aryl methyl sites for hydroxylation is 1. The predicted molar refractivity (Wildman–Crippen MR) is 68.0 cm³/mol. The summed E-state index contributed by atoms with van der Waals surface area (Å²) in [4.78, 5) is 4.07. The Balaban J connectivity index is 1.83. The molecular formula is C15H15N. The Morgan fingerprint density at radius 3 is 2.62 bits per heavy atom. The second kappa shape index (κ2) is 5.86. The molecule has 0 aliphatic carbocycles. The van der Waals surface area contributed by atoms with Crippen molar-refractivity contribution in [2.75, 3.05) is 0 Å². The van der Waals surface area contributed by atoms with E-state index in [1.54, 1.807) is 6.20 Å². The van der Waals surface area contributed by atoms with Crippen LogP contribution in [0.5, 0.6) is 0 Å².